The lowest BCUT2D eigenvalue weighted by Crippen LogP contribution is -2.17. The van der Waals surface area contributed by atoms with Crippen molar-refractivity contribution in [3.05, 3.63) is 140 Å². The number of nitrogens with two attached hydrogens (primary N) is 2. The van der Waals surface area contributed by atoms with Gasteiger partial charge in [-0.1, -0.05) is 120 Å². The predicted molar refractivity (Wildman–Crippen MR) is 296 cm³/mol. The molecule has 412 valence electrons. The summed E-state index contributed by atoms with van der Waals surface area (Å²) in [6, 6.07) is 24.0. The SMILES string of the molecule is Cc1cc(OCC(C)(C)C)ncc1-c1ccc(C#N)c(Cl)c1.Cc1cc(OCC(C)(C)C)ncc1-c1ccc(C(=N)N)c(Cl)c1.Cc1cc(OCC(C)(C)C)ncc1-c1ccc(C(N)=NO)c(Cl)c1.O=C=O.O=C=O.O=C=O. The molecule has 0 spiro atoms. The Balaban J connectivity index is 0.000000542. The smallest absolute Gasteiger partial charge is 0.373 e. The number of hydrogen-bond donors (Lipinski definition) is 4. The number of nitrogens with one attached hydrogen (secondary N) is 1. The van der Waals surface area contributed by atoms with Crippen molar-refractivity contribution in [3.8, 4) is 57.1 Å². The molecule has 0 aliphatic carbocycles. The van der Waals surface area contributed by atoms with Crippen LogP contribution in [0.4, 0.5) is 0 Å². The lowest BCUT2D eigenvalue weighted by Gasteiger charge is -2.18. The van der Waals surface area contributed by atoms with E-state index in [9.17, 15) is 0 Å². The molecule has 0 amide bonds. The number of nitrogen functional groups attached to an aromatic ring is 1. The van der Waals surface area contributed by atoms with E-state index in [-0.39, 0.29) is 46.4 Å². The van der Waals surface area contributed by atoms with Gasteiger partial charge in [0, 0.05) is 64.6 Å². The summed E-state index contributed by atoms with van der Waals surface area (Å²) in [5, 5.41) is 29.5. The Bertz CT molecular complexity index is 3130. The van der Waals surface area contributed by atoms with E-state index in [1.54, 1.807) is 55.0 Å². The van der Waals surface area contributed by atoms with E-state index < -0.39 is 0 Å². The molecule has 18 nitrogen and oxygen atoms in total. The molecule has 0 fully saturated rings. The molecule has 3 aromatic carbocycles. The van der Waals surface area contributed by atoms with Crippen LogP contribution in [-0.2, 0) is 28.8 Å². The molecule has 0 saturated carbocycles. The van der Waals surface area contributed by atoms with Crippen LogP contribution in [-0.4, -0.2) is 70.1 Å². The number of aryl methyl sites for hydroxylation is 3. The number of halogens is 3. The van der Waals surface area contributed by atoms with Gasteiger partial charge in [-0.2, -0.15) is 34.0 Å². The van der Waals surface area contributed by atoms with E-state index in [4.69, 9.17) is 105 Å². The number of nitrogens with zero attached hydrogens (tertiary/aromatic N) is 5. The molecule has 3 aromatic heterocycles. The van der Waals surface area contributed by atoms with Crippen molar-refractivity contribution in [2.24, 2.45) is 32.9 Å². The molecule has 0 unspecified atom stereocenters. The molecule has 6 aromatic rings. The topological polar surface area (TPSA) is 301 Å². The summed E-state index contributed by atoms with van der Waals surface area (Å²) in [6.07, 6.45) is 6.08. The number of ether oxygens (including phenoxy) is 3. The number of nitriles is 1. The first-order valence-corrected chi connectivity index (χ1v) is 24.4. The fourth-order valence-corrected chi connectivity index (χ4v) is 7.01. The average molecular weight is 1130 g/mol. The molecular formula is C57H63Cl3N8O10. The van der Waals surface area contributed by atoms with Gasteiger partial charge in [-0.3, -0.25) is 5.41 Å². The summed E-state index contributed by atoms with van der Waals surface area (Å²) >= 11 is 18.5. The van der Waals surface area contributed by atoms with E-state index in [1.807, 2.05) is 57.2 Å². The van der Waals surface area contributed by atoms with Crippen molar-refractivity contribution in [2.45, 2.75) is 83.1 Å². The monoisotopic (exact) mass is 1120 g/mol. The highest BCUT2D eigenvalue weighted by molar-refractivity contribution is 6.35. The highest BCUT2D eigenvalue weighted by Crippen LogP contribution is 2.32. The molecule has 78 heavy (non-hydrogen) atoms. The van der Waals surface area contributed by atoms with Gasteiger partial charge in [-0.25, -0.2) is 15.0 Å². The van der Waals surface area contributed by atoms with Crippen LogP contribution in [0, 0.1) is 53.8 Å². The third-order valence-electron chi connectivity index (χ3n) is 9.85. The van der Waals surface area contributed by atoms with E-state index in [0.29, 0.717) is 69.2 Å². The summed E-state index contributed by atoms with van der Waals surface area (Å²) in [5.74, 6) is 1.78. The number of aromatic nitrogens is 3. The summed E-state index contributed by atoms with van der Waals surface area (Å²) in [7, 11) is 0. The molecule has 3 heterocycles. The summed E-state index contributed by atoms with van der Waals surface area (Å²) in [6.45, 7) is 26.9. The quantitative estimate of drug-likeness (QED) is 0.0405. The average Bonchev–Trinajstić information content (AvgIpc) is 3.34. The first-order chi connectivity index (χ1) is 36.4. The van der Waals surface area contributed by atoms with Crippen LogP contribution in [0.3, 0.4) is 0 Å². The highest BCUT2D eigenvalue weighted by Gasteiger charge is 2.17. The second kappa shape index (κ2) is 32.4. The number of pyridine rings is 3. The molecule has 0 saturated heterocycles. The largest absolute Gasteiger partial charge is 0.477 e. The Morgan fingerprint density at radius 3 is 1.09 bits per heavy atom. The second-order valence-electron chi connectivity index (χ2n) is 20.4. The van der Waals surface area contributed by atoms with Crippen LogP contribution in [0.2, 0.25) is 15.1 Å². The van der Waals surface area contributed by atoms with E-state index in [2.05, 4.69) is 88.5 Å². The normalized spacial score (nSPS) is 10.6. The Morgan fingerprint density at radius 2 is 0.846 bits per heavy atom. The van der Waals surface area contributed by atoms with Crippen molar-refractivity contribution < 1.29 is 48.2 Å². The molecule has 0 atom stereocenters. The number of amidine groups is 2. The van der Waals surface area contributed by atoms with Crippen LogP contribution < -0.4 is 25.7 Å². The van der Waals surface area contributed by atoms with Gasteiger partial charge in [0.25, 0.3) is 0 Å². The van der Waals surface area contributed by atoms with Crippen LogP contribution in [0.5, 0.6) is 17.6 Å². The van der Waals surface area contributed by atoms with Crippen LogP contribution >= 0.6 is 34.8 Å². The number of hydrogen-bond acceptors (Lipinski definition) is 16. The van der Waals surface area contributed by atoms with Crippen molar-refractivity contribution in [1.29, 1.82) is 10.7 Å². The molecular weight excluding hydrogens is 1060 g/mol. The van der Waals surface area contributed by atoms with Gasteiger partial charge in [-0.15, -0.1) is 0 Å². The summed E-state index contributed by atoms with van der Waals surface area (Å²) < 4.78 is 17.2. The Morgan fingerprint density at radius 1 is 0.551 bits per heavy atom. The molecule has 0 aliphatic heterocycles. The van der Waals surface area contributed by atoms with Crippen molar-refractivity contribution in [2.75, 3.05) is 19.8 Å². The zero-order valence-corrected chi connectivity index (χ0v) is 47.7. The van der Waals surface area contributed by atoms with Gasteiger partial charge in [0.1, 0.15) is 11.9 Å². The number of carbonyl (C=O) groups excluding carboxylic acids is 6. The van der Waals surface area contributed by atoms with Gasteiger partial charge >= 0.3 is 18.5 Å². The number of benzene rings is 3. The molecule has 0 aliphatic rings. The minimum absolute atomic E-state index is 0.0210. The fraction of sp³-hybridized carbons (Fsp3) is 0.316. The molecule has 0 bridgehead atoms. The summed E-state index contributed by atoms with van der Waals surface area (Å²) in [4.78, 5) is 61.9. The Labute approximate surface area is 469 Å². The third kappa shape index (κ3) is 24.2. The predicted octanol–water partition coefficient (Wildman–Crippen LogP) is 11.9. The minimum atomic E-state index is -0.0395. The zero-order valence-electron chi connectivity index (χ0n) is 45.4. The van der Waals surface area contributed by atoms with E-state index >= 15 is 0 Å². The van der Waals surface area contributed by atoms with Crippen molar-refractivity contribution >= 4 is 64.9 Å². The van der Waals surface area contributed by atoms with Crippen molar-refractivity contribution in [3.63, 3.8) is 0 Å². The van der Waals surface area contributed by atoms with E-state index in [1.165, 1.54) is 0 Å². The third-order valence-corrected chi connectivity index (χ3v) is 10.8. The molecule has 6 rings (SSSR count). The Hall–Kier alpha value is -8.25. The molecule has 6 N–H and O–H groups in total. The second-order valence-corrected chi connectivity index (χ2v) is 21.6. The lowest BCUT2D eigenvalue weighted by atomic mass is 9.98. The first-order valence-electron chi connectivity index (χ1n) is 23.3. The van der Waals surface area contributed by atoms with Crippen LogP contribution in [0.1, 0.15) is 95.7 Å². The fourth-order valence-electron chi connectivity index (χ4n) is 6.22. The molecule has 0 radical (unpaired) electrons. The number of oxime groups is 1. The van der Waals surface area contributed by atoms with Gasteiger partial charge in [0.15, 0.2) is 5.84 Å². The van der Waals surface area contributed by atoms with Gasteiger partial charge in [0.05, 0.1) is 40.5 Å². The highest BCUT2D eigenvalue weighted by atomic mass is 35.5. The summed E-state index contributed by atoms with van der Waals surface area (Å²) in [5.41, 5.74) is 21.7. The standard InChI is InChI=1S/C18H22ClN3O2.C18H22ClN3O.C18H19ClN2O.3CO2/c1-11-7-16(24-10-18(2,3)4)21-9-14(11)12-5-6-13(15(19)8-12)17(20)22-23;1-11-7-16(23-10-18(2,3)4)22-9-14(11)12-5-6-13(17(20)21)15(19)8-12;1-12-7-17(22-11-18(2,3)4)21-10-15(12)13-5-6-14(9-20)16(19)8-13;3*2-1-3/h5-9,23H,10H2,1-4H3,(H2,20,22);5-9H,10H2,1-4H3,(H3,20,21);5-8,10H,11H2,1-4H3;;;. The minimum Gasteiger partial charge on any atom is -0.477 e. The Kier molecular flexibility index (Phi) is 28.1. The maximum atomic E-state index is 8.93. The first kappa shape index (κ1) is 67.8. The van der Waals surface area contributed by atoms with Crippen LogP contribution in [0.25, 0.3) is 33.4 Å². The van der Waals surface area contributed by atoms with Crippen molar-refractivity contribution in [1.82, 2.24) is 15.0 Å². The lowest BCUT2D eigenvalue weighted by molar-refractivity contribution is -0.193. The van der Waals surface area contributed by atoms with Gasteiger partial charge < -0.3 is 30.9 Å². The maximum absolute atomic E-state index is 8.93. The van der Waals surface area contributed by atoms with Gasteiger partial charge in [-0.05, 0) is 107 Å². The molecule has 21 heteroatoms. The van der Waals surface area contributed by atoms with E-state index in [0.717, 1.165) is 50.1 Å². The zero-order chi connectivity index (χ0) is 59.6. The number of rotatable bonds is 11. The van der Waals surface area contributed by atoms with Gasteiger partial charge in [0.2, 0.25) is 17.6 Å². The maximum Gasteiger partial charge on any atom is 0.373 e. The van der Waals surface area contributed by atoms with Crippen LogP contribution in [0.15, 0.2) is 96.5 Å².